The highest BCUT2D eigenvalue weighted by molar-refractivity contribution is 6.05. The number of ketones is 1. The van der Waals surface area contributed by atoms with Crippen molar-refractivity contribution in [2.45, 2.75) is 6.92 Å². The van der Waals surface area contributed by atoms with Crippen molar-refractivity contribution in [2.75, 3.05) is 0 Å². The molecule has 0 unspecified atom stereocenters. The van der Waals surface area contributed by atoms with Crippen molar-refractivity contribution in [2.24, 2.45) is 0 Å². The fourth-order valence-electron chi connectivity index (χ4n) is 0.592. The van der Waals surface area contributed by atoms with E-state index in [2.05, 4.69) is 16.5 Å². The van der Waals surface area contributed by atoms with Crippen molar-refractivity contribution in [1.29, 1.82) is 0 Å². The third kappa shape index (κ3) is 1.13. The lowest BCUT2D eigenvalue weighted by molar-refractivity contribution is 0.102. The third-order valence-electron chi connectivity index (χ3n) is 1.10. The standard InChI is InChI=1S/C7H8N2O/c1-5(2)6(10)7-8-3-4-9-7/h3-4H,1H2,2H3,(H,8,9). The largest absolute Gasteiger partial charge is 0.342 e. The van der Waals surface area contributed by atoms with Gasteiger partial charge in [0.15, 0.2) is 5.82 Å². The molecule has 1 heterocycles. The molecule has 0 aliphatic rings. The van der Waals surface area contributed by atoms with Gasteiger partial charge in [-0.3, -0.25) is 4.79 Å². The summed E-state index contributed by atoms with van der Waals surface area (Å²) >= 11 is 0. The SMILES string of the molecule is C=C(C)C(=O)c1ncc[nH]1. The summed E-state index contributed by atoms with van der Waals surface area (Å²) in [6, 6.07) is 0. The minimum atomic E-state index is -0.134. The van der Waals surface area contributed by atoms with E-state index >= 15 is 0 Å². The van der Waals surface area contributed by atoms with E-state index in [0.717, 1.165) is 0 Å². The van der Waals surface area contributed by atoms with Crippen molar-refractivity contribution in [3.05, 3.63) is 30.4 Å². The number of carbonyl (C=O) groups is 1. The zero-order valence-electron chi connectivity index (χ0n) is 5.72. The lowest BCUT2D eigenvalue weighted by atomic mass is 10.2. The number of rotatable bonds is 2. The second-order valence-electron chi connectivity index (χ2n) is 2.05. The molecule has 0 aliphatic heterocycles. The Bertz CT molecular complexity index is 249. The number of nitrogens with zero attached hydrogens (tertiary/aromatic N) is 1. The van der Waals surface area contributed by atoms with Crippen LogP contribution in [0.1, 0.15) is 17.5 Å². The van der Waals surface area contributed by atoms with Gasteiger partial charge in [-0.2, -0.15) is 0 Å². The van der Waals surface area contributed by atoms with Crippen LogP contribution in [0.2, 0.25) is 0 Å². The molecule has 1 N–H and O–H groups in total. The maximum Gasteiger partial charge on any atom is 0.223 e. The molecule has 0 saturated heterocycles. The van der Waals surface area contributed by atoms with E-state index in [0.29, 0.717) is 11.4 Å². The Morgan fingerprint density at radius 1 is 1.80 bits per heavy atom. The first-order valence-electron chi connectivity index (χ1n) is 2.91. The average molecular weight is 136 g/mol. The van der Waals surface area contributed by atoms with Crippen molar-refractivity contribution < 1.29 is 4.79 Å². The lowest BCUT2D eigenvalue weighted by Gasteiger charge is -1.90. The van der Waals surface area contributed by atoms with E-state index in [4.69, 9.17) is 0 Å². The van der Waals surface area contributed by atoms with Crippen LogP contribution in [0.5, 0.6) is 0 Å². The molecule has 52 valence electrons. The first-order valence-corrected chi connectivity index (χ1v) is 2.91. The first-order chi connectivity index (χ1) is 4.72. The van der Waals surface area contributed by atoms with Gasteiger partial charge in [0, 0.05) is 12.4 Å². The number of allylic oxidation sites excluding steroid dienone is 1. The number of hydrogen-bond acceptors (Lipinski definition) is 2. The van der Waals surface area contributed by atoms with Gasteiger partial charge in [-0.25, -0.2) is 4.98 Å². The molecular formula is C7H8N2O. The highest BCUT2D eigenvalue weighted by Crippen LogP contribution is 1.98. The molecule has 0 fully saturated rings. The van der Waals surface area contributed by atoms with E-state index in [1.54, 1.807) is 13.1 Å². The Balaban J connectivity index is 2.88. The van der Waals surface area contributed by atoms with Crippen LogP contribution in [0.3, 0.4) is 0 Å². The smallest absolute Gasteiger partial charge is 0.223 e. The second kappa shape index (κ2) is 2.47. The molecule has 0 bridgehead atoms. The minimum absolute atomic E-state index is 0.134. The molecule has 1 aromatic rings. The van der Waals surface area contributed by atoms with Crippen molar-refractivity contribution in [3.63, 3.8) is 0 Å². The molecular weight excluding hydrogens is 128 g/mol. The van der Waals surface area contributed by atoms with Gasteiger partial charge in [-0.1, -0.05) is 6.58 Å². The van der Waals surface area contributed by atoms with Crippen LogP contribution in [0.15, 0.2) is 24.5 Å². The Hall–Kier alpha value is -1.38. The topological polar surface area (TPSA) is 45.8 Å². The van der Waals surface area contributed by atoms with Gasteiger partial charge in [0.2, 0.25) is 5.78 Å². The molecule has 1 aromatic heterocycles. The highest BCUT2D eigenvalue weighted by Gasteiger charge is 2.06. The van der Waals surface area contributed by atoms with Gasteiger partial charge in [-0.05, 0) is 12.5 Å². The first kappa shape index (κ1) is 6.74. The number of aromatic nitrogens is 2. The van der Waals surface area contributed by atoms with Crippen LogP contribution >= 0.6 is 0 Å². The van der Waals surface area contributed by atoms with Gasteiger partial charge in [-0.15, -0.1) is 0 Å². The van der Waals surface area contributed by atoms with Gasteiger partial charge < -0.3 is 4.98 Å². The predicted octanol–water partition coefficient (Wildman–Crippen LogP) is 1.17. The lowest BCUT2D eigenvalue weighted by Crippen LogP contribution is -2.01. The van der Waals surface area contributed by atoms with Crippen LogP contribution in [-0.2, 0) is 0 Å². The number of nitrogens with one attached hydrogen (secondary N) is 1. The van der Waals surface area contributed by atoms with E-state index in [9.17, 15) is 4.79 Å². The summed E-state index contributed by atoms with van der Waals surface area (Å²) in [7, 11) is 0. The third-order valence-corrected chi connectivity index (χ3v) is 1.10. The Labute approximate surface area is 58.8 Å². The number of carbonyl (C=O) groups excluding carboxylic acids is 1. The summed E-state index contributed by atoms with van der Waals surface area (Å²) in [6.45, 7) is 5.16. The molecule has 0 aliphatic carbocycles. The number of imidazole rings is 1. The zero-order valence-corrected chi connectivity index (χ0v) is 5.72. The Kier molecular flexibility index (Phi) is 1.67. The van der Waals surface area contributed by atoms with Gasteiger partial charge in [0.1, 0.15) is 0 Å². The van der Waals surface area contributed by atoms with Gasteiger partial charge in [0.05, 0.1) is 0 Å². The number of aromatic amines is 1. The van der Waals surface area contributed by atoms with Gasteiger partial charge >= 0.3 is 0 Å². The molecule has 0 spiro atoms. The van der Waals surface area contributed by atoms with Crippen molar-refractivity contribution in [1.82, 2.24) is 9.97 Å². The summed E-state index contributed by atoms with van der Waals surface area (Å²) < 4.78 is 0. The summed E-state index contributed by atoms with van der Waals surface area (Å²) in [5, 5.41) is 0. The van der Waals surface area contributed by atoms with E-state index in [-0.39, 0.29) is 5.78 Å². The maximum absolute atomic E-state index is 11.0. The van der Waals surface area contributed by atoms with Crippen molar-refractivity contribution >= 4 is 5.78 Å². The minimum Gasteiger partial charge on any atom is -0.342 e. The number of Topliss-reactive ketones (excluding diaryl/α,β-unsaturated/α-hetero) is 1. The van der Waals surface area contributed by atoms with Crippen LogP contribution in [-0.4, -0.2) is 15.8 Å². The fourth-order valence-corrected chi connectivity index (χ4v) is 0.592. The second-order valence-corrected chi connectivity index (χ2v) is 2.05. The Morgan fingerprint density at radius 2 is 2.50 bits per heavy atom. The highest BCUT2D eigenvalue weighted by atomic mass is 16.1. The zero-order chi connectivity index (χ0) is 7.56. The van der Waals surface area contributed by atoms with Crippen LogP contribution < -0.4 is 0 Å². The molecule has 1 rings (SSSR count). The van der Waals surface area contributed by atoms with E-state index in [1.165, 1.54) is 6.20 Å². The normalized spacial score (nSPS) is 9.30. The molecule has 3 nitrogen and oxygen atoms in total. The summed E-state index contributed by atoms with van der Waals surface area (Å²) in [4.78, 5) is 17.5. The summed E-state index contributed by atoms with van der Waals surface area (Å²) in [5.41, 5.74) is 0.495. The number of H-pyrrole nitrogens is 1. The van der Waals surface area contributed by atoms with E-state index in [1.807, 2.05) is 0 Å². The molecule has 0 saturated carbocycles. The van der Waals surface area contributed by atoms with Crippen LogP contribution in [0.4, 0.5) is 0 Å². The molecule has 0 atom stereocenters. The molecule has 3 heteroatoms. The summed E-state index contributed by atoms with van der Waals surface area (Å²) in [6.07, 6.45) is 3.15. The molecule has 0 aromatic carbocycles. The Morgan fingerprint density at radius 3 is 2.90 bits per heavy atom. The fraction of sp³-hybridized carbons (Fsp3) is 0.143. The molecule has 10 heavy (non-hydrogen) atoms. The van der Waals surface area contributed by atoms with Crippen LogP contribution in [0.25, 0.3) is 0 Å². The van der Waals surface area contributed by atoms with Gasteiger partial charge in [0.25, 0.3) is 0 Å². The van der Waals surface area contributed by atoms with E-state index < -0.39 is 0 Å². The quantitative estimate of drug-likeness (QED) is 0.490. The average Bonchev–Trinajstić information content (AvgIpc) is 2.36. The maximum atomic E-state index is 11.0. The predicted molar refractivity (Wildman–Crippen MR) is 37.7 cm³/mol. The summed E-state index contributed by atoms with van der Waals surface area (Å²) in [5.74, 6) is 0.220. The number of hydrogen-bond donors (Lipinski definition) is 1. The monoisotopic (exact) mass is 136 g/mol. The van der Waals surface area contributed by atoms with Crippen molar-refractivity contribution in [3.8, 4) is 0 Å². The van der Waals surface area contributed by atoms with Crippen LogP contribution in [0, 0.1) is 0 Å². The molecule has 0 amide bonds. The molecule has 0 radical (unpaired) electrons.